The van der Waals surface area contributed by atoms with Gasteiger partial charge in [0.15, 0.2) is 12.2 Å². The van der Waals surface area contributed by atoms with E-state index in [1.54, 1.807) is 0 Å². The number of carbonyl (C=O) groups is 4. The fourth-order valence-corrected chi connectivity index (χ4v) is 13.1. The van der Waals surface area contributed by atoms with Crippen LogP contribution in [0.3, 0.4) is 0 Å². The van der Waals surface area contributed by atoms with E-state index >= 15 is 0 Å². The Labute approximate surface area is 581 Å². The molecule has 0 fully saturated rings. The second-order valence-electron chi connectivity index (χ2n) is 28.6. The Morgan fingerprint density at radius 3 is 0.800 bits per heavy atom. The quantitative estimate of drug-likeness (QED) is 0.0222. The number of hydrogen-bond acceptors (Lipinski definition) is 15. The molecule has 17 nitrogen and oxygen atoms in total. The SMILES string of the molecule is CCCCCCCCCCCCCC(=O)O[C@H](COC(=O)CCCCCCCCC(C)C)COP(=O)(O)OC[C@H](O)COP(=O)(O)OC[C@@H](COC(=O)CCCCCCCCCCCCC(C)C)OC(=O)CCCCCCCCCCCCCCCCCCCCC(C)CC. The van der Waals surface area contributed by atoms with Gasteiger partial charge in [0, 0.05) is 25.7 Å². The molecule has 19 heteroatoms. The van der Waals surface area contributed by atoms with E-state index in [0.717, 1.165) is 108 Å². The molecule has 0 aromatic heterocycles. The first-order valence-electron chi connectivity index (χ1n) is 39.4. The summed E-state index contributed by atoms with van der Waals surface area (Å²) in [6.45, 7) is 11.9. The molecule has 95 heavy (non-hydrogen) atoms. The van der Waals surface area contributed by atoms with Crippen molar-refractivity contribution in [3.05, 3.63) is 0 Å². The third kappa shape index (κ3) is 69.0. The predicted octanol–water partition coefficient (Wildman–Crippen LogP) is 22.2. The lowest BCUT2D eigenvalue weighted by Gasteiger charge is -2.21. The number of aliphatic hydroxyl groups excluding tert-OH is 1. The Balaban J connectivity index is 5.17. The fourth-order valence-electron chi connectivity index (χ4n) is 11.6. The average molecular weight is 1400 g/mol. The van der Waals surface area contributed by atoms with Crippen molar-refractivity contribution >= 4 is 39.5 Å². The molecular weight excluding hydrogens is 1250 g/mol. The third-order valence-electron chi connectivity index (χ3n) is 18.0. The van der Waals surface area contributed by atoms with E-state index in [0.29, 0.717) is 31.6 Å². The van der Waals surface area contributed by atoms with E-state index in [1.165, 1.54) is 193 Å². The minimum atomic E-state index is -4.96. The summed E-state index contributed by atoms with van der Waals surface area (Å²) in [4.78, 5) is 72.7. The summed E-state index contributed by atoms with van der Waals surface area (Å²) in [7, 11) is -9.91. The number of aliphatic hydroxyl groups is 1. The summed E-state index contributed by atoms with van der Waals surface area (Å²) in [5.74, 6) is 0.189. The highest BCUT2D eigenvalue weighted by Gasteiger charge is 2.30. The normalized spacial score (nSPS) is 14.4. The van der Waals surface area contributed by atoms with Crippen LogP contribution < -0.4 is 0 Å². The number of phosphoric ester groups is 2. The van der Waals surface area contributed by atoms with Gasteiger partial charge in [0.05, 0.1) is 26.4 Å². The standard InChI is InChI=1S/C76H148O17P2/c1-8-10-11-12-13-14-23-31-36-45-52-59-75(80)93-72(64-87-74(79)58-51-44-39-38-41-48-55-68(5)6)66-91-95(84,85)89-62-70(77)61-88-94(82,83)90-65-71(63-86-73(78)57-50-43-35-30-27-26-28-33-40-47-54-67(3)4)92-76(81)60-53-46-37-32-25-22-20-18-16-15-17-19-21-24-29-34-42-49-56-69(7)9-2/h67-72,77H,8-66H2,1-7H3,(H,82,83)(H,84,85)/t69?,70-,71-,72-/m1/s1. The van der Waals surface area contributed by atoms with Gasteiger partial charge in [-0.05, 0) is 43.4 Å². The van der Waals surface area contributed by atoms with Gasteiger partial charge in [0.2, 0.25) is 0 Å². The van der Waals surface area contributed by atoms with Gasteiger partial charge in [-0.1, -0.05) is 337 Å². The minimum absolute atomic E-state index is 0.106. The first-order chi connectivity index (χ1) is 45.8. The van der Waals surface area contributed by atoms with Gasteiger partial charge in [-0.2, -0.15) is 0 Å². The molecule has 0 aliphatic carbocycles. The molecule has 0 aromatic carbocycles. The molecule has 0 aliphatic rings. The van der Waals surface area contributed by atoms with Crippen molar-refractivity contribution in [2.24, 2.45) is 17.8 Å². The van der Waals surface area contributed by atoms with Gasteiger partial charge in [0.25, 0.3) is 0 Å². The van der Waals surface area contributed by atoms with Gasteiger partial charge in [-0.3, -0.25) is 37.3 Å². The van der Waals surface area contributed by atoms with Gasteiger partial charge in [0.1, 0.15) is 19.3 Å². The van der Waals surface area contributed by atoms with Crippen LogP contribution in [0.25, 0.3) is 0 Å². The second-order valence-corrected chi connectivity index (χ2v) is 31.5. The maximum absolute atomic E-state index is 13.1. The zero-order valence-electron chi connectivity index (χ0n) is 62.1. The molecule has 0 aromatic rings. The molecule has 0 aliphatic heterocycles. The van der Waals surface area contributed by atoms with Crippen molar-refractivity contribution in [2.45, 2.75) is 407 Å². The molecule has 0 amide bonds. The van der Waals surface area contributed by atoms with Crippen LogP contribution in [0.4, 0.5) is 0 Å². The molecule has 564 valence electrons. The van der Waals surface area contributed by atoms with Crippen LogP contribution in [-0.4, -0.2) is 96.7 Å². The van der Waals surface area contributed by atoms with Crippen LogP contribution in [0.5, 0.6) is 0 Å². The van der Waals surface area contributed by atoms with Crippen molar-refractivity contribution in [3.8, 4) is 0 Å². The number of phosphoric acid groups is 2. The Morgan fingerprint density at radius 1 is 0.305 bits per heavy atom. The number of ether oxygens (including phenoxy) is 4. The van der Waals surface area contributed by atoms with Crippen LogP contribution in [-0.2, 0) is 65.4 Å². The van der Waals surface area contributed by atoms with Crippen molar-refractivity contribution in [1.82, 2.24) is 0 Å². The summed E-state index contributed by atoms with van der Waals surface area (Å²) in [6, 6.07) is 0. The van der Waals surface area contributed by atoms with Crippen molar-refractivity contribution in [2.75, 3.05) is 39.6 Å². The van der Waals surface area contributed by atoms with Crippen molar-refractivity contribution in [1.29, 1.82) is 0 Å². The molecule has 0 spiro atoms. The van der Waals surface area contributed by atoms with Crippen molar-refractivity contribution in [3.63, 3.8) is 0 Å². The second kappa shape index (κ2) is 66.6. The summed E-state index contributed by atoms with van der Waals surface area (Å²) in [5, 5.41) is 10.6. The highest BCUT2D eigenvalue weighted by Crippen LogP contribution is 2.45. The molecule has 6 atom stereocenters. The Kier molecular flexibility index (Phi) is 65.2. The molecule has 0 saturated heterocycles. The lowest BCUT2D eigenvalue weighted by atomic mass is 9.99. The predicted molar refractivity (Wildman–Crippen MR) is 386 cm³/mol. The topological polar surface area (TPSA) is 237 Å². The summed E-state index contributed by atoms with van der Waals surface area (Å²) in [5.41, 5.74) is 0. The van der Waals surface area contributed by atoms with Gasteiger partial charge >= 0.3 is 39.5 Å². The molecule has 0 heterocycles. The average Bonchev–Trinajstić information content (AvgIpc) is 1.51. The largest absolute Gasteiger partial charge is 0.472 e. The highest BCUT2D eigenvalue weighted by molar-refractivity contribution is 7.47. The van der Waals surface area contributed by atoms with E-state index in [4.69, 9.17) is 37.0 Å². The molecule has 0 rings (SSSR count). The maximum atomic E-state index is 13.1. The lowest BCUT2D eigenvalue weighted by Crippen LogP contribution is -2.30. The number of unbranched alkanes of at least 4 members (excludes halogenated alkanes) is 41. The van der Waals surface area contributed by atoms with Crippen LogP contribution in [0.1, 0.15) is 389 Å². The summed E-state index contributed by atoms with van der Waals surface area (Å²) < 4.78 is 68.4. The zero-order chi connectivity index (χ0) is 70.1. The van der Waals surface area contributed by atoms with Crippen LogP contribution in [0.2, 0.25) is 0 Å². The third-order valence-corrected chi connectivity index (χ3v) is 19.9. The van der Waals surface area contributed by atoms with E-state index in [-0.39, 0.29) is 25.7 Å². The van der Waals surface area contributed by atoms with Gasteiger partial charge in [-0.25, -0.2) is 9.13 Å². The molecule has 3 unspecified atom stereocenters. The first-order valence-corrected chi connectivity index (χ1v) is 42.4. The lowest BCUT2D eigenvalue weighted by molar-refractivity contribution is -0.161. The van der Waals surface area contributed by atoms with E-state index in [1.807, 2.05) is 0 Å². The Bertz CT molecular complexity index is 1850. The molecule has 0 saturated carbocycles. The van der Waals surface area contributed by atoms with Crippen LogP contribution in [0, 0.1) is 17.8 Å². The molecular formula is C76H148O17P2. The van der Waals surface area contributed by atoms with E-state index in [9.17, 15) is 43.2 Å². The monoisotopic (exact) mass is 1400 g/mol. The van der Waals surface area contributed by atoms with Gasteiger partial charge in [-0.15, -0.1) is 0 Å². The summed E-state index contributed by atoms with van der Waals surface area (Å²) >= 11 is 0. The highest BCUT2D eigenvalue weighted by atomic mass is 31.2. The Morgan fingerprint density at radius 2 is 0.537 bits per heavy atom. The number of hydrogen-bond donors (Lipinski definition) is 3. The number of carbonyl (C=O) groups excluding carboxylic acids is 4. The number of rotatable bonds is 74. The smallest absolute Gasteiger partial charge is 0.462 e. The first kappa shape index (κ1) is 93.1. The summed E-state index contributed by atoms with van der Waals surface area (Å²) in [6.07, 6.45) is 52.9. The van der Waals surface area contributed by atoms with Crippen molar-refractivity contribution < 1.29 is 80.2 Å². The van der Waals surface area contributed by atoms with Gasteiger partial charge < -0.3 is 33.8 Å². The van der Waals surface area contributed by atoms with Crippen LogP contribution in [0.15, 0.2) is 0 Å². The zero-order valence-corrected chi connectivity index (χ0v) is 63.9. The maximum Gasteiger partial charge on any atom is 0.472 e. The van der Waals surface area contributed by atoms with E-state index < -0.39 is 97.5 Å². The van der Waals surface area contributed by atoms with Crippen LogP contribution >= 0.6 is 15.6 Å². The number of esters is 4. The Hall–Kier alpha value is -1.94. The molecule has 0 radical (unpaired) electrons. The van der Waals surface area contributed by atoms with E-state index in [2.05, 4.69) is 48.5 Å². The molecule has 3 N–H and O–H groups in total. The molecule has 0 bridgehead atoms. The fraction of sp³-hybridized carbons (Fsp3) is 0.947. The minimum Gasteiger partial charge on any atom is -0.462 e.